The molecule has 6 rings (SSSR count). The fourth-order valence-electron chi connectivity index (χ4n) is 6.01. The topological polar surface area (TPSA) is 112 Å². The Kier molecular flexibility index (Phi) is 9.17. The van der Waals surface area contributed by atoms with Gasteiger partial charge >= 0.3 is 5.97 Å². The first kappa shape index (κ1) is 30.0. The Balaban J connectivity index is 1.28. The van der Waals surface area contributed by atoms with Crippen LogP contribution in [-0.2, 0) is 33.8 Å². The van der Waals surface area contributed by atoms with Gasteiger partial charge in [0, 0.05) is 45.2 Å². The Labute approximate surface area is 262 Å². The van der Waals surface area contributed by atoms with Gasteiger partial charge < -0.3 is 25.0 Å². The zero-order valence-electron chi connectivity index (χ0n) is 25.0. The van der Waals surface area contributed by atoms with Crippen molar-refractivity contribution in [3.05, 3.63) is 114 Å². The summed E-state index contributed by atoms with van der Waals surface area (Å²) >= 11 is 0. The average molecular weight is 605 g/mol. The Hall–Kier alpha value is -5.02. The van der Waals surface area contributed by atoms with E-state index in [0.29, 0.717) is 18.6 Å². The normalized spacial score (nSPS) is 15.7. The molecule has 230 valence electrons. The van der Waals surface area contributed by atoms with Crippen LogP contribution in [0.5, 0.6) is 0 Å². The minimum atomic E-state index is -0.970. The number of carbonyl (C=O) groups is 3. The van der Waals surface area contributed by atoms with E-state index in [0.717, 1.165) is 54.0 Å². The molecule has 0 saturated carbocycles. The van der Waals surface area contributed by atoms with E-state index in [2.05, 4.69) is 51.6 Å². The van der Waals surface area contributed by atoms with Gasteiger partial charge in [-0.2, -0.15) is 0 Å². The molecular formula is C36H36N4O5. The van der Waals surface area contributed by atoms with Crippen LogP contribution in [0.25, 0.3) is 11.1 Å². The first-order valence-corrected chi connectivity index (χ1v) is 15.3. The maximum atomic E-state index is 13.3. The number of amides is 2. The second-order valence-corrected chi connectivity index (χ2v) is 11.5. The number of nitrogens with zero attached hydrogens (tertiary/aromatic N) is 3. The lowest BCUT2D eigenvalue weighted by molar-refractivity contribution is -0.137. The van der Waals surface area contributed by atoms with Crippen molar-refractivity contribution in [3.8, 4) is 11.1 Å². The van der Waals surface area contributed by atoms with Gasteiger partial charge in [-0.3, -0.25) is 19.4 Å². The number of carbonyl (C=O) groups excluding carboxylic acids is 2. The highest BCUT2D eigenvalue weighted by Crippen LogP contribution is 2.35. The lowest BCUT2D eigenvalue weighted by Crippen LogP contribution is -2.32. The van der Waals surface area contributed by atoms with Crippen LogP contribution in [0.4, 0.5) is 11.4 Å². The number of carboxylic acid groups (broad SMARTS) is 1. The Morgan fingerprint density at radius 3 is 2.60 bits per heavy atom. The van der Waals surface area contributed by atoms with E-state index in [1.54, 1.807) is 18.3 Å². The summed E-state index contributed by atoms with van der Waals surface area (Å²) in [6.07, 6.45) is 4.96. The van der Waals surface area contributed by atoms with Crippen molar-refractivity contribution in [2.24, 2.45) is 0 Å². The number of aromatic nitrogens is 1. The molecule has 1 fully saturated rings. The lowest BCUT2D eigenvalue weighted by atomic mass is 9.98. The first-order chi connectivity index (χ1) is 21.9. The molecule has 1 unspecified atom stereocenters. The van der Waals surface area contributed by atoms with Crippen LogP contribution < -0.4 is 10.2 Å². The molecule has 1 aromatic heterocycles. The summed E-state index contributed by atoms with van der Waals surface area (Å²) in [5, 5.41) is 12.5. The molecule has 0 radical (unpaired) electrons. The number of rotatable bonds is 10. The van der Waals surface area contributed by atoms with Gasteiger partial charge in [-0.25, -0.2) is 0 Å². The van der Waals surface area contributed by atoms with Crippen LogP contribution in [-0.4, -0.2) is 58.6 Å². The second-order valence-electron chi connectivity index (χ2n) is 11.5. The highest BCUT2D eigenvalue weighted by molar-refractivity contribution is 5.98. The molecule has 2 aliphatic heterocycles. The molecule has 1 saturated heterocycles. The summed E-state index contributed by atoms with van der Waals surface area (Å²) in [6.45, 7) is 2.49. The van der Waals surface area contributed by atoms with Crippen LogP contribution in [0.1, 0.15) is 46.3 Å². The van der Waals surface area contributed by atoms with Crippen molar-refractivity contribution in [2.45, 2.75) is 44.9 Å². The maximum Gasteiger partial charge on any atom is 0.305 e. The zero-order chi connectivity index (χ0) is 31.2. The number of hydrogen-bond donors (Lipinski definition) is 2. The SMILES string of the molecule is O=C(O)CCN(Cc1cccc(-c2ccc(N3CCc4ccccc4C3)c(NC(=O)C3CCCO3)c2)c1)C(=O)c1cccnc1. The number of pyridine rings is 1. The summed E-state index contributed by atoms with van der Waals surface area (Å²) in [5.74, 6) is -1.39. The van der Waals surface area contributed by atoms with Gasteiger partial charge in [0.1, 0.15) is 6.10 Å². The third-order valence-electron chi connectivity index (χ3n) is 8.37. The number of hydrogen-bond acceptors (Lipinski definition) is 6. The Morgan fingerprint density at radius 2 is 1.82 bits per heavy atom. The van der Waals surface area contributed by atoms with Gasteiger partial charge in [-0.15, -0.1) is 0 Å². The predicted molar refractivity (Wildman–Crippen MR) is 172 cm³/mol. The smallest absolute Gasteiger partial charge is 0.305 e. The predicted octanol–water partition coefficient (Wildman–Crippen LogP) is 5.55. The van der Waals surface area contributed by atoms with E-state index in [9.17, 15) is 19.5 Å². The highest BCUT2D eigenvalue weighted by Gasteiger charge is 2.26. The molecule has 2 amide bonds. The van der Waals surface area contributed by atoms with E-state index < -0.39 is 12.1 Å². The number of ether oxygens (including phenoxy) is 1. The number of nitrogens with one attached hydrogen (secondary N) is 1. The summed E-state index contributed by atoms with van der Waals surface area (Å²) in [6, 6.07) is 25.8. The third-order valence-corrected chi connectivity index (χ3v) is 8.37. The molecule has 3 aromatic carbocycles. The van der Waals surface area contributed by atoms with Crippen molar-refractivity contribution in [3.63, 3.8) is 0 Å². The van der Waals surface area contributed by atoms with E-state index in [-0.39, 0.29) is 31.3 Å². The number of anilines is 2. The van der Waals surface area contributed by atoms with Crippen molar-refractivity contribution in [1.29, 1.82) is 0 Å². The number of carboxylic acids is 1. The second kappa shape index (κ2) is 13.7. The van der Waals surface area contributed by atoms with Crippen molar-refractivity contribution < 1.29 is 24.2 Å². The first-order valence-electron chi connectivity index (χ1n) is 15.3. The molecule has 2 N–H and O–H groups in total. The molecule has 0 spiro atoms. The zero-order valence-corrected chi connectivity index (χ0v) is 25.0. The Bertz CT molecular complexity index is 1690. The van der Waals surface area contributed by atoms with Crippen molar-refractivity contribution in [1.82, 2.24) is 9.88 Å². The number of aliphatic carboxylic acids is 1. The quantitative estimate of drug-likeness (QED) is 0.244. The summed E-state index contributed by atoms with van der Waals surface area (Å²) in [5.41, 5.74) is 7.42. The summed E-state index contributed by atoms with van der Waals surface area (Å²) in [4.78, 5) is 45.7. The van der Waals surface area contributed by atoms with Crippen LogP contribution in [0.2, 0.25) is 0 Å². The van der Waals surface area contributed by atoms with Gasteiger partial charge in [-0.05, 0) is 77.4 Å². The fraction of sp³-hybridized carbons (Fsp3) is 0.278. The number of benzene rings is 3. The largest absolute Gasteiger partial charge is 0.481 e. The monoisotopic (exact) mass is 604 g/mol. The van der Waals surface area contributed by atoms with Gasteiger partial charge in [0.15, 0.2) is 0 Å². The Morgan fingerprint density at radius 1 is 0.978 bits per heavy atom. The van der Waals surface area contributed by atoms with Gasteiger partial charge in [0.05, 0.1) is 23.4 Å². The van der Waals surface area contributed by atoms with Crippen LogP contribution in [0.15, 0.2) is 91.3 Å². The van der Waals surface area contributed by atoms with E-state index in [1.165, 1.54) is 22.2 Å². The maximum absolute atomic E-state index is 13.3. The van der Waals surface area contributed by atoms with Gasteiger partial charge in [0.2, 0.25) is 0 Å². The molecule has 1 atom stereocenters. The van der Waals surface area contributed by atoms with Gasteiger partial charge in [0.25, 0.3) is 11.8 Å². The average Bonchev–Trinajstić information content (AvgIpc) is 3.62. The van der Waals surface area contributed by atoms with Crippen LogP contribution in [0.3, 0.4) is 0 Å². The summed E-state index contributed by atoms with van der Waals surface area (Å²) < 4.78 is 5.67. The molecule has 2 aliphatic rings. The molecular weight excluding hydrogens is 568 g/mol. The van der Waals surface area contributed by atoms with Crippen molar-refractivity contribution in [2.75, 3.05) is 29.9 Å². The molecule has 4 aromatic rings. The molecule has 9 heteroatoms. The molecule has 0 aliphatic carbocycles. The van der Waals surface area contributed by atoms with Crippen LogP contribution in [0, 0.1) is 0 Å². The molecule has 0 bridgehead atoms. The third kappa shape index (κ3) is 7.21. The van der Waals surface area contributed by atoms with Crippen LogP contribution >= 0.6 is 0 Å². The lowest BCUT2D eigenvalue weighted by Gasteiger charge is -2.32. The van der Waals surface area contributed by atoms with Crippen molar-refractivity contribution >= 4 is 29.2 Å². The summed E-state index contributed by atoms with van der Waals surface area (Å²) in [7, 11) is 0. The van der Waals surface area contributed by atoms with E-state index >= 15 is 0 Å². The minimum Gasteiger partial charge on any atom is -0.481 e. The minimum absolute atomic E-state index is 0.0698. The standard InChI is InChI=1S/C36H36N4O5/c41-34(42)15-18-40(36(44)29-10-4-16-37-22-29)23-25-6-3-9-27(20-25)28-12-13-32(31(21-28)38-35(43)33-11-5-19-45-33)39-17-14-26-7-1-2-8-30(26)24-39/h1-4,6-10,12-13,16,20-22,33H,5,11,14-15,17-19,23-24H2,(H,38,43)(H,41,42). The molecule has 3 heterocycles. The molecule has 45 heavy (non-hydrogen) atoms. The highest BCUT2D eigenvalue weighted by atomic mass is 16.5. The van der Waals surface area contributed by atoms with E-state index in [1.807, 2.05) is 30.3 Å². The number of fused-ring (bicyclic) bond motifs is 1. The van der Waals surface area contributed by atoms with Gasteiger partial charge in [-0.1, -0.05) is 48.5 Å². The molecule has 9 nitrogen and oxygen atoms in total. The van der Waals surface area contributed by atoms with E-state index in [4.69, 9.17) is 4.74 Å². The fourth-order valence-corrected chi connectivity index (χ4v) is 6.01.